The number of nitrogens with two attached hydrogens (primary N) is 1. The molecule has 0 fully saturated rings. The summed E-state index contributed by atoms with van der Waals surface area (Å²) in [5.74, 6) is -1.88. The maximum Gasteiger partial charge on any atom is 0.417 e. The van der Waals surface area contributed by atoms with Gasteiger partial charge >= 0.3 is 6.18 Å². The summed E-state index contributed by atoms with van der Waals surface area (Å²) in [5.41, 5.74) is 3.77. The molecule has 3 N–H and O–H groups in total. The zero-order valence-corrected chi connectivity index (χ0v) is 12.0. The number of carbonyl (C=O) groups is 2. The number of benzene rings is 1. The third-order valence-electron chi connectivity index (χ3n) is 2.79. The van der Waals surface area contributed by atoms with Crippen LogP contribution in [0.2, 0.25) is 5.02 Å². The minimum Gasteiger partial charge on any atom is -0.368 e. The second kappa shape index (κ2) is 6.34. The van der Waals surface area contributed by atoms with E-state index in [1.54, 1.807) is 13.8 Å². The van der Waals surface area contributed by atoms with Crippen molar-refractivity contribution in [3.8, 4) is 0 Å². The van der Waals surface area contributed by atoms with E-state index in [1.165, 1.54) is 0 Å². The van der Waals surface area contributed by atoms with Gasteiger partial charge in [0.05, 0.1) is 10.6 Å². The van der Waals surface area contributed by atoms with Gasteiger partial charge in [0, 0.05) is 5.56 Å². The van der Waals surface area contributed by atoms with E-state index in [9.17, 15) is 22.8 Å². The number of primary amides is 1. The van der Waals surface area contributed by atoms with Gasteiger partial charge in [0.1, 0.15) is 6.04 Å². The van der Waals surface area contributed by atoms with Crippen LogP contribution in [0.25, 0.3) is 0 Å². The van der Waals surface area contributed by atoms with Gasteiger partial charge in [-0.25, -0.2) is 0 Å². The Hall–Kier alpha value is -1.76. The molecule has 0 saturated carbocycles. The molecule has 0 saturated heterocycles. The molecule has 0 aliphatic carbocycles. The van der Waals surface area contributed by atoms with Gasteiger partial charge in [-0.3, -0.25) is 9.59 Å². The Labute approximate surface area is 124 Å². The lowest BCUT2D eigenvalue weighted by Gasteiger charge is -2.19. The normalized spacial score (nSPS) is 13.1. The molecule has 0 heterocycles. The third kappa shape index (κ3) is 4.35. The lowest BCUT2D eigenvalue weighted by molar-refractivity contribution is -0.137. The van der Waals surface area contributed by atoms with Crippen LogP contribution in [-0.4, -0.2) is 17.9 Å². The van der Waals surface area contributed by atoms with Crippen molar-refractivity contribution in [3.63, 3.8) is 0 Å². The Morgan fingerprint density at radius 2 is 1.86 bits per heavy atom. The van der Waals surface area contributed by atoms with Crippen LogP contribution < -0.4 is 11.1 Å². The van der Waals surface area contributed by atoms with Crippen molar-refractivity contribution >= 4 is 23.4 Å². The number of rotatable bonds is 4. The smallest absolute Gasteiger partial charge is 0.368 e. The average molecular weight is 323 g/mol. The molecule has 0 aliphatic heterocycles. The monoisotopic (exact) mass is 322 g/mol. The van der Waals surface area contributed by atoms with Gasteiger partial charge in [-0.1, -0.05) is 25.4 Å². The van der Waals surface area contributed by atoms with Gasteiger partial charge in [0.15, 0.2) is 0 Å². The fraction of sp³-hybridized carbons (Fsp3) is 0.385. The highest BCUT2D eigenvalue weighted by molar-refractivity contribution is 6.31. The Bertz CT molecular complexity index is 559. The number of hydrogen-bond acceptors (Lipinski definition) is 2. The van der Waals surface area contributed by atoms with E-state index in [0.29, 0.717) is 6.07 Å². The predicted octanol–water partition coefficient (Wildman–Crippen LogP) is 2.60. The van der Waals surface area contributed by atoms with Gasteiger partial charge in [0.25, 0.3) is 5.91 Å². The summed E-state index contributed by atoms with van der Waals surface area (Å²) in [5, 5.41) is 1.80. The van der Waals surface area contributed by atoms with E-state index < -0.39 is 34.6 Å². The minimum atomic E-state index is -4.67. The molecule has 1 rings (SSSR count). The maximum absolute atomic E-state index is 12.7. The van der Waals surface area contributed by atoms with Crippen LogP contribution in [0, 0.1) is 5.92 Å². The maximum atomic E-state index is 12.7. The molecule has 0 spiro atoms. The topological polar surface area (TPSA) is 72.2 Å². The molecule has 1 atom stereocenters. The van der Waals surface area contributed by atoms with Crippen LogP contribution in [0.3, 0.4) is 0 Å². The van der Waals surface area contributed by atoms with Crippen molar-refractivity contribution in [1.82, 2.24) is 5.32 Å². The molecule has 2 amide bonds. The third-order valence-corrected chi connectivity index (χ3v) is 3.12. The number of alkyl halides is 3. The molecule has 116 valence electrons. The Balaban J connectivity index is 3.06. The van der Waals surface area contributed by atoms with Gasteiger partial charge in [-0.05, 0) is 24.1 Å². The second-order valence-corrected chi connectivity index (χ2v) is 5.20. The van der Waals surface area contributed by atoms with Crippen LogP contribution in [0.1, 0.15) is 29.8 Å². The van der Waals surface area contributed by atoms with Crippen molar-refractivity contribution < 1.29 is 22.8 Å². The summed E-state index contributed by atoms with van der Waals surface area (Å²) in [6.45, 7) is 3.30. The zero-order valence-electron chi connectivity index (χ0n) is 11.3. The molecule has 8 heteroatoms. The highest BCUT2D eigenvalue weighted by Gasteiger charge is 2.34. The molecule has 0 aromatic heterocycles. The van der Waals surface area contributed by atoms with Crippen LogP contribution in [0.15, 0.2) is 18.2 Å². The highest BCUT2D eigenvalue weighted by Crippen LogP contribution is 2.35. The molecular weight excluding hydrogens is 309 g/mol. The molecule has 1 aromatic carbocycles. The first-order chi connectivity index (χ1) is 9.54. The molecular formula is C13H14ClF3N2O2. The van der Waals surface area contributed by atoms with Crippen LogP contribution in [0.5, 0.6) is 0 Å². The fourth-order valence-corrected chi connectivity index (χ4v) is 1.90. The summed E-state index contributed by atoms with van der Waals surface area (Å²) in [4.78, 5) is 23.1. The van der Waals surface area contributed by atoms with E-state index >= 15 is 0 Å². The van der Waals surface area contributed by atoms with Crippen molar-refractivity contribution in [2.45, 2.75) is 26.1 Å². The summed E-state index contributed by atoms with van der Waals surface area (Å²) in [7, 11) is 0. The molecule has 0 radical (unpaired) electrons. The SMILES string of the molecule is CC(C)C(NC(=O)c1ccc(Cl)c(C(F)(F)F)c1)C(N)=O. The van der Waals surface area contributed by atoms with Crippen molar-refractivity contribution in [2.75, 3.05) is 0 Å². The average Bonchev–Trinajstić information content (AvgIpc) is 2.33. The number of nitrogens with one attached hydrogen (secondary N) is 1. The second-order valence-electron chi connectivity index (χ2n) is 4.79. The van der Waals surface area contributed by atoms with Gasteiger partial charge in [-0.15, -0.1) is 0 Å². The van der Waals surface area contributed by atoms with Crippen LogP contribution >= 0.6 is 11.6 Å². The largest absolute Gasteiger partial charge is 0.417 e. The number of hydrogen-bond donors (Lipinski definition) is 2. The molecule has 21 heavy (non-hydrogen) atoms. The first kappa shape index (κ1) is 17.3. The Morgan fingerprint density at radius 1 is 1.29 bits per heavy atom. The Morgan fingerprint density at radius 3 is 2.29 bits per heavy atom. The Kier molecular flexibility index (Phi) is 5.22. The van der Waals surface area contributed by atoms with E-state index in [1.807, 2.05) is 0 Å². The summed E-state index contributed by atoms with van der Waals surface area (Å²) in [6, 6.07) is 1.79. The van der Waals surface area contributed by atoms with E-state index in [-0.39, 0.29) is 11.5 Å². The minimum absolute atomic E-state index is 0.251. The van der Waals surface area contributed by atoms with Crippen LogP contribution in [0.4, 0.5) is 13.2 Å². The molecule has 0 aliphatic rings. The number of carbonyl (C=O) groups excluding carboxylic acids is 2. The fourth-order valence-electron chi connectivity index (χ4n) is 1.67. The van der Waals surface area contributed by atoms with Gasteiger partial charge in [0.2, 0.25) is 5.91 Å². The van der Waals surface area contributed by atoms with Crippen molar-refractivity contribution in [3.05, 3.63) is 34.3 Å². The van der Waals surface area contributed by atoms with Crippen molar-refractivity contribution in [2.24, 2.45) is 11.7 Å². The molecule has 1 unspecified atom stereocenters. The number of halogens is 4. The standard InChI is InChI=1S/C13H14ClF3N2O2/c1-6(2)10(11(18)20)19-12(21)7-3-4-9(14)8(5-7)13(15,16)17/h3-6,10H,1-2H3,(H2,18,20)(H,19,21). The summed E-state index contributed by atoms with van der Waals surface area (Å²) >= 11 is 5.47. The first-order valence-electron chi connectivity index (χ1n) is 6.01. The molecule has 0 bridgehead atoms. The molecule has 1 aromatic rings. The highest BCUT2D eigenvalue weighted by atomic mass is 35.5. The van der Waals surface area contributed by atoms with Gasteiger partial charge < -0.3 is 11.1 Å². The summed E-state index contributed by atoms with van der Waals surface area (Å²) < 4.78 is 38.2. The molecule has 4 nitrogen and oxygen atoms in total. The summed E-state index contributed by atoms with van der Waals surface area (Å²) in [6.07, 6.45) is -4.67. The number of amides is 2. The van der Waals surface area contributed by atoms with Crippen LogP contribution in [-0.2, 0) is 11.0 Å². The van der Waals surface area contributed by atoms with E-state index in [0.717, 1.165) is 12.1 Å². The predicted molar refractivity (Wildman–Crippen MR) is 71.7 cm³/mol. The zero-order chi connectivity index (χ0) is 16.4. The lowest BCUT2D eigenvalue weighted by atomic mass is 10.0. The first-order valence-corrected chi connectivity index (χ1v) is 6.38. The van der Waals surface area contributed by atoms with E-state index in [2.05, 4.69) is 5.32 Å². The van der Waals surface area contributed by atoms with Gasteiger partial charge in [-0.2, -0.15) is 13.2 Å². The van der Waals surface area contributed by atoms with Crippen molar-refractivity contribution in [1.29, 1.82) is 0 Å². The van der Waals surface area contributed by atoms with E-state index in [4.69, 9.17) is 17.3 Å². The lowest BCUT2D eigenvalue weighted by Crippen LogP contribution is -2.47. The quantitative estimate of drug-likeness (QED) is 0.894.